The fraction of sp³-hybridized carbons (Fsp3) is 0.0312. The Morgan fingerprint density at radius 3 is 2.33 bits per heavy atom. The van der Waals surface area contributed by atoms with Gasteiger partial charge >= 0.3 is 0 Å². The largest absolute Gasteiger partial charge is 0.497 e. The Balaban J connectivity index is 1.57. The molecule has 0 spiro atoms. The summed E-state index contributed by atoms with van der Waals surface area (Å²) in [6.07, 6.45) is 0. The second kappa shape index (κ2) is 7.30. The Bertz CT molecular complexity index is 2130. The minimum absolute atomic E-state index is 0.852. The molecule has 3 aromatic heterocycles. The summed E-state index contributed by atoms with van der Waals surface area (Å²) < 4.78 is 10.3. The summed E-state index contributed by atoms with van der Waals surface area (Å²) >= 11 is 1.82. The van der Waals surface area contributed by atoms with Crippen LogP contribution in [-0.2, 0) is 0 Å². The van der Waals surface area contributed by atoms with Crippen molar-refractivity contribution in [2.45, 2.75) is 0 Å². The molecule has 0 N–H and O–H groups in total. The molecule has 0 unspecified atom stereocenters. The van der Waals surface area contributed by atoms with Crippen molar-refractivity contribution in [2.75, 3.05) is 7.11 Å². The maximum atomic E-state index is 5.43. The van der Waals surface area contributed by atoms with E-state index in [1.807, 2.05) is 23.5 Å². The minimum Gasteiger partial charge on any atom is -0.497 e. The minimum atomic E-state index is 0.852. The van der Waals surface area contributed by atoms with Gasteiger partial charge in [0.1, 0.15) is 5.75 Å². The Morgan fingerprint density at radius 2 is 1.47 bits per heavy atom. The first-order valence-electron chi connectivity index (χ1n) is 12.0. The summed E-state index contributed by atoms with van der Waals surface area (Å²) in [6, 6.07) is 36.8. The topological polar surface area (TPSA) is 26.5 Å². The smallest absolute Gasteiger partial charge is 0.156 e. The van der Waals surface area contributed by atoms with Gasteiger partial charge < -0.3 is 4.74 Å². The van der Waals surface area contributed by atoms with Crippen molar-refractivity contribution in [2.24, 2.45) is 0 Å². The van der Waals surface area contributed by atoms with Gasteiger partial charge in [-0.2, -0.15) is 0 Å². The molecule has 8 rings (SSSR count). The van der Waals surface area contributed by atoms with Gasteiger partial charge in [0.15, 0.2) is 5.65 Å². The number of nitrogens with zero attached hydrogens (tertiary/aromatic N) is 2. The van der Waals surface area contributed by atoms with Crippen LogP contribution < -0.4 is 4.74 Å². The number of rotatable bonds is 2. The lowest BCUT2D eigenvalue weighted by atomic mass is 10.0. The highest BCUT2D eigenvalue weighted by Gasteiger charge is 2.19. The molecular weight excluding hydrogens is 460 g/mol. The normalized spacial score (nSPS) is 12.0. The zero-order valence-electron chi connectivity index (χ0n) is 19.5. The number of benzene rings is 5. The molecule has 0 atom stereocenters. The molecule has 3 nitrogen and oxygen atoms in total. The third-order valence-corrected chi connectivity index (χ3v) is 8.47. The zero-order chi connectivity index (χ0) is 23.8. The average molecular weight is 481 g/mol. The summed E-state index contributed by atoms with van der Waals surface area (Å²) in [5.41, 5.74) is 5.44. The lowest BCUT2D eigenvalue weighted by Gasteiger charge is -2.10. The Morgan fingerprint density at radius 1 is 0.694 bits per heavy atom. The van der Waals surface area contributed by atoms with Gasteiger partial charge in [0.2, 0.25) is 0 Å². The first-order chi connectivity index (χ1) is 17.8. The zero-order valence-corrected chi connectivity index (χ0v) is 20.3. The van der Waals surface area contributed by atoms with Crippen LogP contribution in [0.25, 0.3) is 69.7 Å². The molecule has 3 heterocycles. The Labute approximate surface area is 210 Å². The number of fused-ring (bicyclic) bond motifs is 11. The van der Waals surface area contributed by atoms with E-state index >= 15 is 0 Å². The van der Waals surface area contributed by atoms with Crippen LogP contribution >= 0.6 is 11.3 Å². The molecule has 5 aromatic carbocycles. The van der Waals surface area contributed by atoms with Crippen molar-refractivity contribution in [3.05, 3.63) is 103 Å². The molecule has 0 saturated heterocycles. The summed E-state index contributed by atoms with van der Waals surface area (Å²) in [5.74, 6) is 0.852. The molecule has 0 fully saturated rings. The van der Waals surface area contributed by atoms with Crippen molar-refractivity contribution >= 4 is 69.7 Å². The average Bonchev–Trinajstić information content (AvgIpc) is 3.51. The van der Waals surface area contributed by atoms with E-state index in [9.17, 15) is 0 Å². The van der Waals surface area contributed by atoms with E-state index in [4.69, 9.17) is 9.72 Å². The lowest BCUT2D eigenvalue weighted by Crippen LogP contribution is -1.93. The molecule has 0 bridgehead atoms. The SMILES string of the molecule is COc1ccc(-c2cc3c4ccccc4sc3c3nc4c5ccc6ccccc6c5ccc4n23)cc1. The van der Waals surface area contributed by atoms with E-state index in [0.717, 1.165) is 33.7 Å². The first kappa shape index (κ1) is 19.8. The van der Waals surface area contributed by atoms with E-state index in [1.54, 1.807) is 7.11 Å². The van der Waals surface area contributed by atoms with Crippen LogP contribution in [0.1, 0.15) is 0 Å². The highest BCUT2D eigenvalue weighted by Crippen LogP contribution is 2.42. The van der Waals surface area contributed by atoms with Crippen LogP contribution in [0.3, 0.4) is 0 Å². The summed E-state index contributed by atoms with van der Waals surface area (Å²) in [7, 11) is 1.70. The number of hydrogen-bond acceptors (Lipinski definition) is 3. The standard InChI is InChI=1S/C32H20N2OS/c1-35-21-13-10-20(11-14-21)28-18-26-24-8-4-5-9-29(24)36-31(26)32-33-30-25-15-12-19-6-2-3-7-22(19)23(25)16-17-27(30)34(28)32/h2-18H,1H3. The van der Waals surface area contributed by atoms with Gasteiger partial charge in [0.05, 0.1) is 28.5 Å². The molecule has 0 aliphatic rings. The second-order valence-electron chi connectivity index (χ2n) is 9.19. The van der Waals surface area contributed by atoms with Crippen molar-refractivity contribution in [1.29, 1.82) is 0 Å². The predicted octanol–water partition coefficient (Wildman–Crippen LogP) is 8.84. The molecule has 0 saturated carbocycles. The molecule has 4 heteroatoms. The maximum Gasteiger partial charge on any atom is 0.156 e. The molecule has 0 aliphatic carbocycles. The number of imidazole rings is 1. The molecule has 0 radical (unpaired) electrons. The van der Waals surface area contributed by atoms with E-state index in [0.29, 0.717) is 0 Å². The predicted molar refractivity (Wildman–Crippen MR) is 153 cm³/mol. The summed E-state index contributed by atoms with van der Waals surface area (Å²) in [6.45, 7) is 0. The van der Waals surface area contributed by atoms with Crippen molar-refractivity contribution < 1.29 is 4.74 Å². The highest BCUT2D eigenvalue weighted by molar-refractivity contribution is 7.26. The van der Waals surface area contributed by atoms with Gasteiger partial charge in [-0.15, -0.1) is 11.3 Å². The number of ether oxygens (including phenoxy) is 1. The fourth-order valence-electron chi connectivity index (χ4n) is 5.58. The number of pyridine rings is 1. The van der Waals surface area contributed by atoms with Gasteiger partial charge in [-0.3, -0.25) is 4.40 Å². The molecule has 36 heavy (non-hydrogen) atoms. The van der Waals surface area contributed by atoms with Crippen LogP contribution in [0.4, 0.5) is 0 Å². The molecule has 8 aromatic rings. The van der Waals surface area contributed by atoms with Crippen molar-refractivity contribution in [3.63, 3.8) is 0 Å². The summed E-state index contributed by atoms with van der Waals surface area (Å²) in [5, 5.41) is 7.46. The van der Waals surface area contributed by atoms with E-state index in [-0.39, 0.29) is 0 Å². The monoisotopic (exact) mass is 480 g/mol. The quantitative estimate of drug-likeness (QED) is 0.231. The van der Waals surface area contributed by atoms with Crippen LogP contribution in [0.5, 0.6) is 5.75 Å². The maximum absolute atomic E-state index is 5.43. The number of aromatic nitrogens is 2. The first-order valence-corrected chi connectivity index (χ1v) is 12.8. The summed E-state index contributed by atoms with van der Waals surface area (Å²) in [4.78, 5) is 5.34. The second-order valence-corrected chi connectivity index (χ2v) is 10.2. The van der Waals surface area contributed by atoms with E-state index in [2.05, 4.69) is 95.4 Å². The molecule has 170 valence electrons. The van der Waals surface area contributed by atoms with Crippen molar-refractivity contribution in [1.82, 2.24) is 9.38 Å². The number of thiophene rings is 1. The van der Waals surface area contributed by atoms with E-state index < -0.39 is 0 Å². The van der Waals surface area contributed by atoms with Gasteiger partial charge in [-0.1, -0.05) is 60.7 Å². The van der Waals surface area contributed by atoms with E-state index in [1.165, 1.54) is 41.7 Å². The van der Waals surface area contributed by atoms with Crippen LogP contribution in [-0.4, -0.2) is 16.5 Å². The van der Waals surface area contributed by atoms with Crippen LogP contribution in [0.2, 0.25) is 0 Å². The Hall–Kier alpha value is -4.41. The third kappa shape index (κ3) is 2.65. The number of methoxy groups -OCH3 is 1. The number of hydrogen-bond donors (Lipinski definition) is 0. The fourth-order valence-corrected chi connectivity index (χ4v) is 6.74. The van der Waals surface area contributed by atoms with Gasteiger partial charge in [0.25, 0.3) is 0 Å². The van der Waals surface area contributed by atoms with Gasteiger partial charge in [0, 0.05) is 20.9 Å². The van der Waals surface area contributed by atoms with Gasteiger partial charge in [-0.25, -0.2) is 4.98 Å². The van der Waals surface area contributed by atoms with Crippen LogP contribution in [0.15, 0.2) is 103 Å². The molecule has 0 aliphatic heterocycles. The molecular formula is C32H20N2OS. The lowest BCUT2D eigenvalue weighted by molar-refractivity contribution is 0.415. The third-order valence-electron chi connectivity index (χ3n) is 7.29. The Kier molecular flexibility index (Phi) is 4.02. The van der Waals surface area contributed by atoms with Crippen LogP contribution in [0, 0.1) is 0 Å². The van der Waals surface area contributed by atoms with Gasteiger partial charge in [-0.05, 0) is 64.2 Å². The molecule has 0 amide bonds. The van der Waals surface area contributed by atoms with Crippen molar-refractivity contribution in [3.8, 4) is 17.0 Å². The highest BCUT2D eigenvalue weighted by atomic mass is 32.1.